The number of benzene rings is 1. The first-order valence-corrected chi connectivity index (χ1v) is 11.2. The summed E-state index contributed by atoms with van der Waals surface area (Å²) in [5.41, 5.74) is 3.54. The quantitative estimate of drug-likeness (QED) is 0.404. The zero-order chi connectivity index (χ0) is 22.9. The molecule has 0 aliphatic carbocycles. The van der Waals surface area contributed by atoms with Crippen LogP contribution in [0, 0.1) is 20.8 Å². The Balaban J connectivity index is 1.56. The van der Waals surface area contributed by atoms with Crippen LogP contribution in [0.3, 0.4) is 0 Å². The van der Waals surface area contributed by atoms with Crippen LogP contribution in [0.4, 0.5) is 10.9 Å². The van der Waals surface area contributed by atoms with E-state index in [2.05, 4.69) is 20.6 Å². The predicted octanol–water partition coefficient (Wildman–Crippen LogP) is 5.24. The van der Waals surface area contributed by atoms with Gasteiger partial charge >= 0.3 is 0 Å². The standard InChI is InChI=1S/C24H22N4O4S/c1-13-9-14(2)26-24(25-13)27-21(16-6-7-18-20(11-16)32-12-31-18)17-10-15(3)33-23(17)28-22(29)19-5-4-8-30-19/h4-11,21H,12H2,1-3H3,(H,28,29)(H,25,26,27). The van der Waals surface area contributed by atoms with Crippen LogP contribution in [0.1, 0.15) is 44.0 Å². The van der Waals surface area contributed by atoms with E-state index in [1.165, 1.54) is 17.6 Å². The predicted molar refractivity (Wildman–Crippen MR) is 125 cm³/mol. The van der Waals surface area contributed by atoms with Crippen LogP contribution in [0.25, 0.3) is 0 Å². The molecule has 5 rings (SSSR count). The van der Waals surface area contributed by atoms with E-state index in [-0.39, 0.29) is 24.5 Å². The van der Waals surface area contributed by atoms with Crippen molar-refractivity contribution in [2.24, 2.45) is 0 Å². The minimum atomic E-state index is -0.349. The number of rotatable bonds is 6. The van der Waals surface area contributed by atoms with Crippen molar-refractivity contribution in [1.82, 2.24) is 9.97 Å². The molecule has 0 bridgehead atoms. The lowest BCUT2D eigenvalue weighted by Crippen LogP contribution is -2.18. The number of amides is 1. The number of furan rings is 1. The second kappa shape index (κ2) is 8.59. The molecule has 33 heavy (non-hydrogen) atoms. The first-order valence-electron chi connectivity index (χ1n) is 10.4. The fourth-order valence-corrected chi connectivity index (χ4v) is 4.72. The van der Waals surface area contributed by atoms with Crippen LogP contribution in [-0.2, 0) is 0 Å². The average molecular weight is 463 g/mol. The molecule has 1 aromatic carbocycles. The summed E-state index contributed by atoms with van der Waals surface area (Å²) in [6, 6.07) is 12.7. The average Bonchev–Trinajstić information content (AvgIpc) is 3.52. The molecular weight excluding hydrogens is 440 g/mol. The Hall–Kier alpha value is -3.85. The van der Waals surface area contributed by atoms with Gasteiger partial charge in [0.2, 0.25) is 12.7 Å². The van der Waals surface area contributed by atoms with Gasteiger partial charge in [-0.15, -0.1) is 11.3 Å². The Bertz CT molecular complexity index is 1300. The number of ether oxygens (including phenoxy) is 2. The molecule has 1 aliphatic rings. The van der Waals surface area contributed by atoms with E-state index in [0.717, 1.165) is 27.4 Å². The van der Waals surface area contributed by atoms with Crippen molar-refractivity contribution in [3.63, 3.8) is 0 Å². The van der Waals surface area contributed by atoms with Crippen molar-refractivity contribution in [2.75, 3.05) is 17.4 Å². The number of fused-ring (bicyclic) bond motifs is 1. The summed E-state index contributed by atoms with van der Waals surface area (Å²) < 4.78 is 16.3. The minimum Gasteiger partial charge on any atom is -0.459 e. The highest BCUT2D eigenvalue weighted by Crippen LogP contribution is 2.41. The van der Waals surface area contributed by atoms with Crippen molar-refractivity contribution in [3.05, 3.63) is 81.9 Å². The summed E-state index contributed by atoms with van der Waals surface area (Å²) in [6.45, 7) is 6.05. The number of hydrogen-bond donors (Lipinski definition) is 2. The highest BCUT2D eigenvalue weighted by molar-refractivity contribution is 7.16. The van der Waals surface area contributed by atoms with Gasteiger partial charge in [0, 0.05) is 21.8 Å². The van der Waals surface area contributed by atoms with Crippen molar-refractivity contribution < 1.29 is 18.7 Å². The van der Waals surface area contributed by atoms with Crippen LogP contribution in [0.15, 0.2) is 53.1 Å². The van der Waals surface area contributed by atoms with Gasteiger partial charge in [0.15, 0.2) is 17.3 Å². The molecule has 0 fully saturated rings. The number of aromatic nitrogens is 2. The van der Waals surface area contributed by atoms with Crippen LogP contribution in [0.2, 0.25) is 0 Å². The zero-order valence-electron chi connectivity index (χ0n) is 18.3. The Morgan fingerprint density at radius 3 is 2.58 bits per heavy atom. The van der Waals surface area contributed by atoms with E-state index in [9.17, 15) is 4.79 Å². The van der Waals surface area contributed by atoms with E-state index in [0.29, 0.717) is 22.4 Å². The monoisotopic (exact) mass is 462 g/mol. The van der Waals surface area contributed by atoms with E-state index in [1.54, 1.807) is 12.1 Å². The number of thiophene rings is 1. The first-order chi connectivity index (χ1) is 16.0. The summed E-state index contributed by atoms with van der Waals surface area (Å²) >= 11 is 1.49. The fourth-order valence-electron chi connectivity index (χ4n) is 3.77. The number of nitrogens with one attached hydrogen (secondary N) is 2. The molecule has 8 nitrogen and oxygen atoms in total. The van der Waals surface area contributed by atoms with Gasteiger partial charge in [-0.1, -0.05) is 6.07 Å². The van der Waals surface area contributed by atoms with Crippen molar-refractivity contribution >= 4 is 28.2 Å². The molecular formula is C24H22N4O4S. The Morgan fingerprint density at radius 2 is 1.82 bits per heavy atom. The summed E-state index contributed by atoms with van der Waals surface area (Å²) in [5, 5.41) is 7.17. The molecule has 0 saturated heterocycles. The van der Waals surface area contributed by atoms with Gasteiger partial charge in [0.25, 0.3) is 5.91 Å². The minimum absolute atomic E-state index is 0.194. The Morgan fingerprint density at radius 1 is 1.03 bits per heavy atom. The molecule has 0 radical (unpaired) electrons. The number of carbonyl (C=O) groups is 1. The van der Waals surface area contributed by atoms with E-state index in [1.807, 2.05) is 51.1 Å². The molecule has 1 atom stereocenters. The van der Waals surface area contributed by atoms with Crippen LogP contribution >= 0.6 is 11.3 Å². The van der Waals surface area contributed by atoms with E-state index in [4.69, 9.17) is 13.9 Å². The van der Waals surface area contributed by atoms with E-state index < -0.39 is 0 Å². The number of carbonyl (C=O) groups excluding carboxylic acids is 1. The maximum atomic E-state index is 12.7. The third-order valence-corrected chi connectivity index (χ3v) is 6.13. The molecule has 9 heteroatoms. The van der Waals surface area contributed by atoms with Crippen molar-refractivity contribution in [2.45, 2.75) is 26.8 Å². The molecule has 0 spiro atoms. The fraction of sp³-hybridized carbons (Fsp3) is 0.208. The van der Waals surface area contributed by atoms with E-state index >= 15 is 0 Å². The highest BCUT2D eigenvalue weighted by atomic mass is 32.1. The van der Waals surface area contributed by atoms with Gasteiger partial charge in [0.1, 0.15) is 5.00 Å². The van der Waals surface area contributed by atoms with Crippen LogP contribution < -0.4 is 20.1 Å². The third kappa shape index (κ3) is 4.40. The topological polar surface area (TPSA) is 98.5 Å². The lowest BCUT2D eigenvalue weighted by atomic mass is 9.99. The molecule has 1 amide bonds. The van der Waals surface area contributed by atoms with Gasteiger partial charge in [0.05, 0.1) is 12.3 Å². The molecule has 1 unspecified atom stereocenters. The number of nitrogens with zero attached hydrogens (tertiary/aromatic N) is 2. The van der Waals surface area contributed by atoms with Gasteiger partial charge in [-0.3, -0.25) is 4.79 Å². The maximum absolute atomic E-state index is 12.7. The van der Waals surface area contributed by atoms with Gasteiger partial charge in [-0.25, -0.2) is 9.97 Å². The largest absolute Gasteiger partial charge is 0.459 e. The summed E-state index contributed by atoms with van der Waals surface area (Å²) in [7, 11) is 0. The van der Waals surface area contributed by atoms with Gasteiger partial charge < -0.3 is 24.5 Å². The summed E-state index contributed by atoms with van der Waals surface area (Å²) in [5.74, 6) is 1.82. The second-order valence-corrected chi connectivity index (χ2v) is 8.99. The normalized spacial score (nSPS) is 13.1. The number of anilines is 2. The van der Waals surface area contributed by atoms with Crippen LogP contribution in [-0.4, -0.2) is 22.7 Å². The van der Waals surface area contributed by atoms with Gasteiger partial charge in [-0.2, -0.15) is 0 Å². The highest BCUT2D eigenvalue weighted by Gasteiger charge is 2.25. The second-order valence-electron chi connectivity index (χ2n) is 7.74. The molecule has 4 heterocycles. The van der Waals surface area contributed by atoms with Gasteiger partial charge in [-0.05, 0) is 62.7 Å². The van der Waals surface area contributed by atoms with Crippen molar-refractivity contribution in [1.29, 1.82) is 0 Å². The Kier molecular flexibility index (Phi) is 5.47. The maximum Gasteiger partial charge on any atom is 0.291 e. The molecule has 1 aliphatic heterocycles. The van der Waals surface area contributed by atoms with Crippen molar-refractivity contribution in [3.8, 4) is 11.5 Å². The molecule has 4 aromatic rings. The van der Waals surface area contributed by atoms with Crippen LogP contribution in [0.5, 0.6) is 11.5 Å². The summed E-state index contributed by atoms with van der Waals surface area (Å²) in [4.78, 5) is 22.9. The zero-order valence-corrected chi connectivity index (χ0v) is 19.2. The summed E-state index contributed by atoms with van der Waals surface area (Å²) in [6.07, 6.45) is 1.48. The molecule has 3 aromatic heterocycles. The molecule has 0 saturated carbocycles. The third-order valence-electron chi connectivity index (χ3n) is 5.15. The lowest BCUT2D eigenvalue weighted by Gasteiger charge is -2.21. The Labute approximate surface area is 194 Å². The SMILES string of the molecule is Cc1cc(C)nc(NC(c2ccc3c(c2)OCO3)c2cc(C)sc2NC(=O)c2ccco2)n1. The molecule has 2 N–H and O–H groups in total. The number of aryl methyl sites for hydroxylation is 3. The smallest absolute Gasteiger partial charge is 0.291 e. The lowest BCUT2D eigenvalue weighted by molar-refractivity contribution is 0.0997. The molecule has 168 valence electrons. The number of hydrogen-bond acceptors (Lipinski definition) is 8. The first kappa shape index (κ1) is 21.0.